The highest BCUT2D eigenvalue weighted by Crippen LogP contribution is 2.44. The summed E-state index contributed by atoms with van der Waals surface area (Å²) in [6, 6.07) is 27.8. The third kappa shape index (κ3) is 12.8. The third-order valence-corrected chi connectivity index (χ3v) is 13.6. The molecule has 0 aromatic heterocycles. The van der Waals surface area contributed by atoms with E-state index in [2.05, 4.69) is 274 Å². The Balaban J connectivity index is 2.19. The predicted molar refractivity (Wildman–Crippen MR) is 294 cm³/mol. The van der Waals surface area contributed by atoms with Gasteiger partial charge >= 0.3 is 0 Å². The molecule has 0 saturated heterocycles. The minimum Gasteiger partial charge on any atom is -0.357 e. The third-order valence-electron chi connectivity index (χ3n) is 13.6. The topological polar surface area (TPSA) is 18.5 Å². The SMILES string of the molecule is COC(C#CC#CC#CC(OC)(c1cc(C(C)(C)C)cc(C(C)(C)C)c1)c1cc(C(C)(C)C)cc(C(C)(C)C)c1)(c1cc(C(C)(C)C)cc(C(C)(C)C)c1)c1cc(C(C)(C)C)cc(C(C)(C)C)c1. The Bertz CT molecular complexity index is 2190. The molecule has 0 unspecified atom stereocenters. The Kier molecular flexibility index (Phi) is 15.7. The maximum absolute atomic E-state index is 6.83. The summed E-state index contributed by atoms with van der Waals surface area (Å²) in [6.45, 7) is 54.5. The molecule has 0 N–H and O–H groups in total. The molecule has 0 atom stereocenters. The largest absolute Gasteiger partial charge is 0.357 e. The molecule has 0 spiro atoms. The van der Waals surface area contributed by atoms with Crippen molar-refractivity contribution in [3.63, 3.8) is 0 Å². The van der Waals surface area contributed by atoms with Crippen molar-refractivity contribution in [2.75, 3.05) is 14.2 Å². The van der Waals surface area contributed by atoms with Crippen LogP contribution in [0, 0.1) is 35.5 Å². The molecule has 68 heavy (non-hydrogen) atoms. The molecule has 0 radical (unpaired) electrons. The molecule has 0 saturated carbocycles. The molecule has 0 heterocycles. The minimum atomic E-state index is -1.14. The molecule has 0 aliphatic carbocycles. The van der Waals surface area contributed by atoms with Gasteiger partial charge in [-0.25, -0.2) is 0 Å². The van der Waals surface area contributed by atoms with E-state index in [1.54, 1.807) is 14.2 Å². The lowest BCUT2D eigenvalue weighted by Crippen LogP contribution is -2.31. The van der Waals surface area contributed by atoms with E-state index in [1.165, 1.54) is 44.5 Å². The lowest BCUT2D eigenvalue weighted by molar-refractivity contribution is 0.0736. The van der Waals surface area contributed by atoms with Gasteiger partial charge < -0.3 is 9.47 Å². The number of benzene rings is 4. The first kappa shape index (κ1) is 56.1. The lowest BCUT2D eigenvalue weighted by atomic mass is 9.73. The summed E-state index contributed by atoms with van der Waals surface area (Å²) in [5.41, 5.74) is 10.6. The van der Waals surface area contributed by atoms with Crippen molar-refractivity contribution in [2.24, 2.45) is 0 Å². The molecule has 4 aromatic rings. The summed E-state index contributed by atoms with van der Waals surface area (Å²) in [6.07, 6.45) is 0. The smallest absolute Gasteiger partial charge is 0.180 e. The van der Waals surface area contributed by atoms with E-state index in [0.717, 1.165) is 22.3 Å². The van der Waals surface area contributed by atoms with Crippen LogP contribution in [0.15, 0.2) is 72.8 Å². The summed E-state index contributed by atoms with van der Waals surface area (Å²) >= 11 is 0. The Morgan fingerprint density at radius 1 is 0.221 bits per heavy atom. The number of methoxy groups -OCH3 is 2. The van der Waals surface area contributed by atoms with Gasteiger partial charge in [0, 0.05) is 36.5 Å². The van der Waals surface area contributed by atoms with Gasteiger partial charge in [0.15, 0.2) is 11.2 Å². The summed E-state index contributed by atoms with van der Waals surface area (Å²) in [7, 11) is 3.57. The van der Waals surface area contributed by atoms with Crippen LogP contribution in [-0.4, -0.2) is 14.2 Å². The van der Waals surface area contributed by atoms with E-state index in [0.29, 0.717) is 0 Å². The van der Waals surface area contributed by atoms with Crippen molar-refractivity contribution in [1.82, 2.24) is 0 Å². The van der Waals surface area contributed by atoms with Crippen LogP contribution in [0.25, 0.3) is 0 Å². The molecular weight excluding hydrogens is 825 g/mol. The molecule has 0 aliphatic heterocycles. The second-order valence-corrected chi connectivity index (χ2v) is 27.7. The number of hydrogen-bond acceptors (Lipinski definition) is 2. The van der Waals surface area contributed by atoms with Crippen LogP contribution < -0.4 is 0 Å². The molecule has 4 aromatic carbocycles. The minimum absolute atomic E-state index is 0.115. The molecule has 0 bridgehead atoms. The van der Waals surface area contributed by atoms with Crippen LogP contribution in [0.1, 0.15) is 233 Å². The van der Waals surface area contributed by atoms with E-state index in [9.17, 15) is 0 Å². The van der Waals surface area contributed by atoms with Gasteiger partial charge in [0.2, 0.25) is 0 Å². The standard InChI is InChI=1S/C66H90O2/c1-57(2,3)45-33-46(58(4,5)6)38-53(37-45)65(67-25,54-39-47(59(7,8)9)34-48(40-54)60(10,11)12)31-29-27-28-30-32-66(68-26,55-41-49(61(13,14)15)35-50(42-55)62(16,17)18)56-43-51(63(19,20)21)36-52(44-56)64(22,23)24/h33-44H,1-26H3. The Morgan fingerprint density at radius 3 is 0.471 bits per heavy atom. The van der Waals surface area contributed by atoms with Crippen LogP contribution >= 0.6 is 0 Å². The van der Waals surface area contributed by atoms with Crippen LogP contribution in [0.2, 0.25) is 0 Å². The fourth-order valence-corrected chi connectivity index (χ4v) is 8.28. The summed E-state index contributed by atoms with van der Waals surface area (Å²) < 4.78 is 13.7. The predicted octanol–water partition coefficient (Wildman–Crippen LogP) is 16.6. The highest BCUT2D eigenvalue weighted by molar-refractivity contribution is 5.57. The van der Waals surface area contributed by atoms with Gasteiger partial charge in [-0.1, -0.05) is 239 Å². The quantitative estimate of drug-likeness (QED) is 0.179. The maximum Gasteiger partial charge on any atom is 0.180 e. The van der Waals surface area contributed by atoms with Gasteiger partial charge in [0.05, 0.1) is 0 Å². The summed E-state index contributed by atoms with van der Waals surface area (Å²) in [5, 5.41) is 0. The Hall–Kier alpha value is -4.52. The van der Waals surface area contributed by atoms with E-state index in [4.69, 9.17) is 9.47 Å². The second kappa shape index (κ2) is 19.0. The highest BCUT2D eigenvalue weighted by Gasteiger charge is 2.39. The van der Waals surface area contributed by atoms with Gasteiger partial charge in [0.1, 0.15) is 0 Å². The fourth-order valence-electron chi connectivity index (χ4n) is 8.28. The van der Waals surface area contributed by atoms with Crippen molar-refractivity contribution in [3.05, 3.63) is 140 Å². The monoisotopic (exact) mass is 915 g/mol. The normalized spacial score (nSPS) is 13.5. The molecular formula is C66H90O2. The van der Waals surface area contributed by atoms with E-state index in [-0.39, 0.29) is 43.3 Å². The van der Waals surface area contributed by atoms with Gasteiger partial charge in [-0.3, -0.25) is 0 Å². The van der Waals surface area contributed by atoms with Crippen LogP contribution in [0.5, 0.6) is 0 Å². The molecule has 2 nitrogen and oxygen atoms in total. The van der Waals surface area contributed by atoms with Crippen molar-refractivity contribution in [2.45, 2.75) is 221 Å². The molecule has 4 rings (SSSR count). The molecule has 0 aliphatic rings. The van der Waals surface area contributed by atoms with Gasteiger partial charge in [-0.15, -0.1) is 0 Å². The summed E-state index contributed by atoms with van der Waals surface area (Å²) in [5.74, 6) is 20.4. The van der Waals surface area contributed by atoms with Gasteiger partial charge in [0.25, 0.3) is 0 Å². The maximum atomic E-state index is 6.83. The molecule has 366 valence electrons. The Morgan fingerprint density at radius 2 is 0.353 bits per heavy atom. The number of ether oxygens (including phenoxy) is 2. The average Bonchev–Trinajstić information content (AvgIpc) is 3.19. The first-order valence-corrected chi connectivity index (χ1v) is 24.9. The molecule has 0 fully saturated rings. The number of hydrogen-bond donors (Lipinski definition) is 0. The first-order chi connectivity index (χ1) is 30.6. The van der Waals surface area contributed by atoms with Crippen molar-refractivity contribution in [1.29, 1.82) is 0 Å². The Labute approximate surface area is 417 Å². The van der Waals surface area contributed by atoms with Crippen LogP contribution in [0.3, 0.4) is 0 Å². The highest BCUT2D eigenvalue weighted by atomic mass is 16.5. The number of rotatable bonds is 6. The molecule has 2 heteroatoms. The van der Waals surface area contributed by atoms with Gasteiger partial charge in [-0.2, -0.15) is 0 Å². The fraction of sp³-hybridized carbons (Fsp3) is 0.545. The lowest BCUT2D eigenvalue weighted by Gasteiger charge is -2.35. The molecule has 0 amide bonds. The second-order valence-electron chi connectivity index (χ2n) is 27.7. The van der Waals surface area contributed by atoms with Crippen LogP contribution in [-0.2, 0) is 64.0 Å². The van der Waals surface area contributed by atoms with E-state index in [1.807, 2.05) is 0 Å². The van der Waals surface area contributed by atoms with Crippen LogP contribution in [0.4, 0.5) is 0 Å². The van der Waals surface area contributed by atoms with Gasteiger partial charge in [-0.05, 0) is 123 Å². The van der Waals surface area contributed by atoms with Crippen molar-refractivity contribution in [3.8, 4) is 35.5 Å². The zero-order chi connectivity index (χ0) is 52.1. The zero-order valence-electron chi connectivity index (χ0n) is 47.7. The summed E-state index contributed by atoms with van der Waals surface area (Å²) in [4.78, 5) is 0. The average molecular weight is 915 g/mol. The van der Waals surface area contributed by atoms with E-state index < -0.39 is 11.2 Å². The zero-order valence-corrected chi connectivity index (χ0v) is 47.7. The van der Waals surface area contributed by atoms with Crippen molar-refractivity contribution < 1.29 is 9.47 Å². The first-order valence-electron chi connectivity index (χ1n) is 24.9. The van der Waals surface area contributed by atoms with Crippen molar-refractivity contribution >= 4 is 0 Å². The van der Waals surface area contributed by atoms with E-state index >= 15 is 0 Å².